The van der Waals surface area contributed by atoms with Gasteiger partial charge in [-0.15, -0.1) is 19.0 Å². The van der Waals surface area contributed by atoms with E-state index < -0.39 is 6.04 Å². The van der Waals surface area contributed by atoms with Crippen LogP contribution in [0.25, 0.3) is 0 Å². The van der Waals surface area contributed by atoms with Gasteiger partial charge in [-0.2, -0.15) is 5.26 Å². The highest BCUT2D eigenvalue weighted by Crippen LogP contribution is 2.36. The number of benzene rings is 1. The molecule has 1 rings (SSSR count). The summed E-state index contributed by atoms with van der Waals surface area (Å²) < 4.78 is 5.00. The Labute approximate surface area is 113 Å². The summed E-state index contributed by atoms with van der Waals surface area (Å²) in [7, 11) is 1.46. The summed E-state index contributed by atoms with van der Waals surface area (Å²) >= 11 is 0. The van der Waals surface area contributed by atoms with E-state index >= 15 is 0 Å². The third kappa shape index (κ3) is 3.39. The molecule has 0 aliphatic rings. The molecule has 0 heterocycles. The van der Waals surface area contributed by atoms with E-state index in [-0.39, 0.29) is 18.2 Å². The lowest BCUT2D eigenvalue weighted by atomic mass is 9.96. The van der Waals surface area contributed by atoms with Gasteiger partial charge in [0, 0.05) is 11.6 Å². The summed E-state index contributed by atoms with van der Waals surface area (Å²) in [5.41, 5.74) is 6.78. The van der Waals surface area contributed by atoms with Crippen LogP contribution in [0.2, 0.25) is 0 Å². The number of nitrogens with two attached hydrogens (primary N) is 1. The number of phenolic OH excluding ortho intramolecular Hbond substituents is 1. The Bertz CT molecular complexity index is 455. The zero-order valence-corrected chi connectivity index (χ0v) is 11.0. The lowest BCUT2D eigenvalue weighted by molar-refractivity contribution is 0.367. The minimum Gasteiger partial charge on any atom is -0.504 e. The lowest BCUT2D eigenvalue weighted by Crippen LogP contribution is -2.12. The number of allylic oxidation sites excluding steroid dienone is 1. The molecule has 0 aromatic heterocycles. The van der Waals surface area contributed by atoms with Crippen LogP contribution in [0, 0.1) is 11.3 Å². The Morgan fingerprint density at radius 2 is 2.28 bits per heavy atom. The number of halogens is 1. The topological polar surface area (TPSA) is 79.3 Å². The molecule has 1 aromatic rings. The largest absolute Gasteiger partial charge is 0.504 e. The van der Waals surface area contributed by atoms with Crippen molar-refractivity contribution in [1.29, 1.82) is 5.26 Å². The zero-order chi connectivity index (χ0) is 12.8. The quantitative estimate of drug-likeness (QED) is 0.805. The molecule has 0 unspecified atom stereocenters. The maximum atomic E-state index is 9.99. The third-order valence-corrected chi connectivity index (χ3v) is 2.57. The van der Waals surface area contributed by atoms with Gasteiger partial charge in [0.1, 0.15) is 0 Å². The highest BCUT2D eigenvalue weighted by atomic mass is 35.5. The molecule has 5 heteroatoms. The molecule has 4 nitrogen and oxygen atoms in total. The minimum absolute atomic E-state index is 0. The van der Waals surface area contributed by atoms with Gasteiger partial charge in [0.05, 0.1) is 18.7 Å². The summed E-state index contributed by atoms with van der Waals surface area (Å²) in [6, 6.07) is 4.77. The van der Waals surface area contributed by atoms with Gasteiger partial charge in [-0.3, -0.25) is 0 Å². The summed E-state index contributed by atoms with van der Waals surface area (Å²) in [6.45, 7) is 3.62. The second-order valence-electron chi connectivity index (χ2n) is 3.66. The zero-order valence-electron chi connectivity index (χ0n) is 10.2. The molecule has 1 aromatic carbocycles. The second-order valence-corrected chi connectivity index (χ2v) is 3.66. The Morgan fingerprint density at radius 1 is 1.61 bits per heavy atom. The molecule has 0 fully saturated rings. The molecule has 0 saturated carbocycles. The molecule has 0 bridgehead atoms. The van der Waals surface area contributed by atoms with E-state index in [1.165, 1.54) is 7.11 Å². The first-order valence-electron chi connectivity index (χ1n) is 5.32. The number of phenols is 1. The van der Waals surface area contributed by atoms with Gasteiger partial charge in [-0.25, -0.2) is 0 Å². The second kappa shape index (κ2) is 7.59. The normalized spacial score (nSPS) is 10.9. The van der Waals surface area contributed by atoms with Crippen molar-refractivity contribution in [1.82, 2.24) is 0 Å². The van der Waals surface area contributed by atoms with Crippen LogP contribution in [0.1, 0.15) is 30.0 Å². The van der Waals surface area contributed by atoms with E-state index in [0.29, 0.717) is 23.3 Å². The fourth-order valence-electron chi connectivity index (χ4n) is 1.67. The molecule has 98 valence electrons. The molecular weight excluding hydrogens is 252 g/mol. The van der Waals surface area contributed by atoms with Crippen molar-refractivity contribution in [3.63, 3.8) is 0 Å². The number of hydrogen-bond donors (Lipinski definition) is 2. The predicted molar refractivity (Wildman–Crippen MR) is 73.0 cm³/mol. The standard InChI is InChI=1S/C13H16N2O2.ClH/c1-3-4-5-10(15)12-9(8-14)6-7-11(17-2)13(12)16;/h3,6-7,10,16H,1,4-5,15H2,2H3;1H/t10-;/m1./s1. The van der Waals surface area contributed by atoms with Gasteiger partial charge in [0.2, 0.25) is 0 Å². The predicted octanol–water partition coefficient (Wildman–Crippen LogP) is 2.66. The van der Waals surface area contributed by atoms with Crippen molar-refractivity contribution in [3.05, 3.63) is 35.9 Å². The van der Waals surface area contributed by atoms with Crippen LogP contribution in [-0.2, 0) is 0 Å². The lowest BCUT2D eigenvalue weighted by Gasteiger charge is -2.16. The van der Waals surface area contributed by atoms with Gasteiger partial charge in [-0.1, -0.05) is 6.08 Å². The maximum absolute atomic E-state index is 9.99. The van der Waals surface area contributed by atoms with Crippen molar-refractivity contribution < 1.29 is 9.84 Å². The number of aromatic hydroxyl groups is 1. The summed E-state index contributed by atoms with van der Waals surface area (Å²) in [4.78, 5) is 0. The molecule has 0 saturated heterocycles. The Morgan fingerprint density at radius 3 is 2.78 bits per heavy atom. The molecule has 3 N–H and O–H groups in total. The van der Waals surface area contributed by atoms with Gasteiger partial charge in [-0.05, 0) is 25.0 Å². The van der Waals surface area contributed by atoms with E-state index in [1.807, 2.05) is 6.07 Å². The third-order valence-electron chi connectivity index (χ3n) is 2.57. The number of nitrogens with zero attached hydrogens (tertiary/aromatic N) is 1. The van der Waals surface area contributed by atoms with Crippen LogP contribution in [0.4, 0.5) is 0 Å². The number of methoxy groups -OCH3 is 1. The van der Waals surface area contributed by atoms with Crippen LogP contribution >= 0.6 is 12.4 Å². The Balaban J connectivity index is 0.00000289. The van der Waals surface area contributed by atoms with Crippen molar-refractivity contribution in [2.45, 2.75) is 18.9 Å². The van der Waals surface area contributed by atoms with Gasteiger partial charge < -0.3 is 15.6 Å². The van der Waals surface area contributed by atoms with Gasteiger partial charge in [0.15, 0.2) is 11.5 Å². The smallest absolute Gasteiger partial charge is 0.163 e. The average molecular weight is 269 g/mol. The highest BCUT2D eigenvalue weighted by molar-refractivity contribution is 5.85. The van der Waals surface area contributed by atoms with E-state index in [9.17, 15) is 5.11 Å². The summed E-state index contributed by atoms with van der Waals surface area (Å²) in [6.07, 6.45) is 3.10. The monoisotopic (exact) mass is 268 g/mol. The number of nitriles is 1. The number of rotatable bonds is 5. The molecule has 0 amide bonds. The molecule has 0 radical (unpaired) electrons. The highest BCUT2D eigenvalue weighted by Gasteiger charge is 2.18. The molecule has 0 aliphatic heterocycles. The molecular formula is C13H17ClN2O2. The van der Waals surface area contributed by atoms with Crippen LogP contribution in [-0.4, -0.2) is 12.2 Å². The Kier molecular flexibility index (Phi) is 6.88. The fourth-order valence-corrected chi connectivity index (χ4v) is 1.67. The Hall–Kier alpha value is -1.70. The van der Waals surface area contributed by atoms with Crippen molar-refractivity contribution in [2.75, 3.05) is 7.11 Å². The van der Waals surface area contributed by atoms with Crippen LogP contribution < -0.4 is 10.5 Å². The molecule has 0 aliphatic carbocycles. The molecule has 0 spiro atoms. The summed E-state index contributed by atoms with van der Waals surface area (Å²) in [5.74, 6) is 0.274. The SMILES string of the molecule is C=CCC[C@@H](N)c1c(C#N)ccc(OC)c1O.Cl. The van der Waals surface area contributed by atoms with Crippen molar-refractivity contribution in [3.8, 4) is 17.6 Å². The fraction of sp³-hybridized carbons (Fsp3) is 0.308. The first-order valence-corrected chi connectivity index (χ1v) is 5.32. The van der Waals surface area contributed by atoms with Crippen molar-refractivity contribution >= 4 is 12.4 Å². The van der Waals surface area contributed by atoms with Crippen LogP contribution in [0.5, 0.6) is 11.5 Å². The van der Waals surface area contributed by atoms with Gasteiger partial charge >= 0.3 is 0 Å². The van der Waals surface area contributed by atoms with E-state index in [2.05, 4.69) is 6.58 Å². The first kappa shape index (κ1) is 16.3. The average Bonchev–Trinajstić information content (AvgIpc) is 2.35. The number of hydrogen-bond acceptors (Lipinski definition) is 4. The van der Waals surface area contributed by atoms with E-state index in [0.717, 1.165) is 6.42 Å². The maximum Gasteiger partial charge on any atom is 0.163 e. The van der Waals surface area contributed by atoms with Gasteiger partial charge in [0.25, 0.3) is 0 Å². The molecule has 1 atom stereocenters. The van der Waals surface area contributed by atoms with Crippen molar-refractivity contribution in [2.24, 2.45) is 5.73 Å². The van der Waals surface area contributed by atoms with Crippen LogP contribution in [0.3, 0.4) is 0 Å². The van der Waals surface area contributed by atoms with E-state index in [1.54, 1.807) is 18.2 Å². The van der Waals surface area contributed by atoms with Crippen LogP contribution in [0.15, 0.2) is 24.8 Å². The first-order chi connectivity index (χ1) is 8.15. The number of ether oxygens (including phenoxy) is 1. The molecule has 18 heavy (non-hydrogen) atoms. The minimum atomic E-state index is -0.405. The summed E-state index contributed by atoms with van der Waals surface area (Å²) in [5, 5.41) is 19.0. The van der Waals surface area contributed by atoms with E-state index in [4.69, 9.17) is 15.7 Å².